The zero-order valence-corrected chi connectivity index (χ0v) is 13.2. The first kappa shape index (κ1) is 14.7. The highest BCUT2D eigenvalue weighted by Gasteiger charge is 2.27. The Morgan fingerprint density at radius 2 is 1.70 bits per heavy atom. The summed E-state index contributed by atoms with van der Waals surface area (Å²) in [6.07, 6.45) is 2.31. The summed E-state index contributed by atoms with van der Waals surface area (Å²) in [5.41, 5.74) is 0.965. The second-order valence-electron chi connectivity index (χ2n) is 6.13. The first-order valence-corrected chi connectivity index (χ1v) is 8.36. The highest BCUT2D eigenvalue weighted by atomic mass is 16.5. The monoisotopic (exact) mass is 314 g/mol. The summed E-state index contributed by atoms with van der Waals surface area (Å²) < 4.78 is 10.9. The van der Waals surface area contributed by atoms with Crippen molar-refractivity contribution in [3.05, 3.63) is 30.3 Å². The van der Waals surface area contributed by atoms with Gasteiger partial charge in [-0.25, -0.2) is 0 Å². The van der Waals surface area contributed by atoms with E-state index in [0.717, 1.165) is 57.8 Å². The van der Waals surface area contributed by atoms with Crippen LogP contribution >= 0.6 is 0 Å². The van der Waals surface area contributed by atoms with Gasteiger partial charge in [-0.05, 0) is 30.1 Å². The van der Waals surface area contributed by atoms with Crippen LogP contribution in [0, 0.1) is 0 Å². The van der Waals surface area contributed by atoms with Crippen LogP contribution in [0.5, 0.6) is 0 Å². The third-order valence-corrected chi connectivity index (χ3v) is 4.74. The molecule has 0 atom stereocenters. The molecule has 6 nitrogen and oxygen atoms in total. The molecule has 0 aliphatic carbocycles. The predicted molar refractivity (Wildman–Crippen MR) is 87.4 cm³/mol. The van der Waals surface area contributed by atoms with Crippen molar-refractivity contribution < 1.29 is 9.26 Å². The predicted octanol–water partition coefficient (Wildman–Crippen LogP) is 2.04. The van der Waals surface area contributed by atoms with Gasteiger partial charge >= 0.3 is 0 Å². The van der Waals surface area contributed by atoms with E-state index in [1.165, 1.54) is 0 Å². The van der Waals surface area contributed by atoms with Gasteiger partial charge in [0, 0.05) is 51.0 Å². The Labute approximate surface area is 136 Å². The number of aromatic nitrogens is 2. The highest BCUT2D eigenvalue weighted by Crippen LogP contribution is 2.22. The molecule has 0 bridgehead atoms. The Morgan fingerprint density at radius 1 is 0.957 bits per heavy atom. The Balaban J connectivity index is 1.38. The molecule has 0 radical (unpaired) electrons. The van der Waals surface area contributed by atoms with Crippen molar-refractivity contribution in [3.8, 4) is 11.5 Å². The van der Waals surface area contributed by atoms with Crippen LogP contribution in [0.1, 0.15) is 12.8 Å². The first-order chi connectivity index (χ1) is 11.4. The van der Waals surface area contributed by atoms with E-state index in [9.17, 15) is 0 Å². The van der Waals surface area contributed by atoms with Crippen molar-refractivity contribution in [3.63, 3.8) is 0 Å². The van der Waals surface area contributed by atoms with Gasteiger partial charge in [-0.1, -0.05) is 18.2 Å². The molecule has 23 heavy (non-hydrogen) atoms. The maximum Gasteiger partial charge on any atom is 0.266 e. The topological polar surface area (TPSA) is 54.6 Å². The lowest BCUT2D eigenvalue weighted by Gasteiger charge is -2.40. The maximum atomic E-state index is 5.46. The lowest BCUT2D eigenvalue weighted by molar-refractivity contribution is 0.0320. The number of rotatable bonds is 3. The van der Waals surface area contributed by atoms with Crippen molar-refractivity contribution in [1.82, 2.24) is 15.0 Å². The Morgan fingerprint density at radius 3 is 2.43 bits per heavy atom. The quantitative estimate of drug-likeness (QED) is 0.864. The van der Waals surface area contributed by atoms with Crippen molar-refractivity contribution in [2.45, 2.75) is 18.9 Å². The average Bonchev–Trinajstić information content (AvgIpc) is 3.14. The normalized spacial score (nSPS) is 20.8. The summed E-state index contributed by atoms with van der Waals surface area (Å²) in [4.78, 5) is 9.35. The molecule has 0 unspecified atom stereocenters. The van der Waals surface area contributed by atoms with Crippen LogP contribution in [0.3, 0.4) is 0 Å². The zero-order valence-electron chi connectivity index (χ0n) is 13.2. The lowest BCUT2D eigenvalue weighted by Crippen LogP contribution is -2.51. The number of piperazine rings is 1. The number of anilines is 1. The highest BCUT2D eigenvalue weighted by molar-refractivity contribution is 5.54. The molecular weight excluding hydrogens is 292 g/mol. The maximum absolute atomic E-state index is 5.46. The van der Waals surface area contributed by atoms with Crippen molar-refractivity contribution in [2.24, 2.45) is 0 Å². The van der Waals surface area contributed by atoms with E-state index in [-0.39, 0.29) is 0 Å². The molecular formula is C17H22N4O2. The third kappa shape index (κ3) is 3.23. The lowest BCUT2D eigenvalue weighted by atomic mass is 10.1. The minimum absolute atomic E-state index is 0.590. The number of hydrogen-bond acceptors (Lipinski definition) is 6. The molecule has 4 rings (SSSR count). The molecule has 0 N–H and O–H groups in total. The molecule has 2 saturated heterocycles. The summed E-state index contributed by atoms with van der Waals surface area (Å²) in [5, 5.41) is 4.16. The standard InChI is InChI=1S/C17H22N4O2/c1-2-4-14(5-3-1)16-18-17(19-23-16)21-10-8-20(9-11-21)15-6-12-22-13-7-15/h1-5,15H,6-13H2. The second kappa shape index (κ2) is 6.68. The van der Waals surface area contributed by atoms with Crippen molar-refractivity contribution >= 4 is 5.95 Å². The molecule has 0 spiro atoms. The summed E-state index contributed by atoms with van der Waals surface area (Å²) in [5.74, 6) is 1.29. The van der Waals surface area contributed by atoms with Crippen LogP contribution in [0.2, 0.25) is 0 Å². The fourth-order valence-electron chi connectivity index (χ4n) is 3.38. The van der Waals surface area contributed by atoms with Gasteiger partial charge in [0.1, 0.15) is 0 Å². The van der Waals surface area contributed by atoms with Gasteiger partial charge in [-0.2, -0.15) is 4.98 Å². The van der Waals surface area contributed by atoms with E-state index in [4.69, 9.17) is 9.26 Å². The van der Waals surface area contributed by atoms with E-state index in [0.29, 0.717) is 17.9 Å². The number of ether oxygens (including phenoxy) is 1. The second-order valence-corrected chi connectivity index (χ2v) is 6.13. The smallest absolute Gasteiger partial charge is 0.266 e. The SMILES string of the molecule is c1ccc(-c2nc(N3CCN(C4CCOCC4)CC3)no2)cc1. The van der Waals surface area contributed by atoms with Crippen LogP contribution in [0.15, 0.2) is 34.9 Å². The molecule has 2 aromatic rings. The summed E-state index contributed by atoms with van der Waals surface area (Å²) in [7, 11) is 0. The van der Waals surface area contributed by atoms with E-state index >= 15 is 0 Å². The summed E-state index contributed by atoms with van der Waals surface area (Å²) in [6.45, 7) is 5.81. The summed E-state index contributed by atoms with van der Waals surface area (Å²) in [6, 6.07) is 10.6. The van der Waals surface area contributed by atoms with Crippen LogP contribution in [-0.2, 0) is 4.74 Å². The van der Waals surface area contributed by atoms with Crippen LogP contribution in [0.25, 0.3) is 11.5 Å². The van der Waals surface area contributed by atoms with E-state index in [1.807, 2.05) is 30.3 Å². The fraction of sp³-hybridized carbons (Fsp3) is 0.529. The first-order valence-electron chi connectivity index (χ1n) is 8.36. The van der Waals surface area contributed by atoms with Gasteiger partial charge in [-0.15, -0.1) is 0 Å². The Bertz CT molecular complexity index is 617. The van der Waals surface area contributed by atoms with Crippen LogP contribution < -0.4 is 4.90 Å². The molecule has 3 heterocycles. The number of hydrogen-bond donors (Lipinski definition) is 0. The van der Waals surface area contributed by atoms with E-state index in [1.54, 1.807) is 0 Å². The number of nitrogens with zero attached hydrogens (tertiary/aromatic N) is 4. The van der Waals surface area contributed by atoms with Crippen molar-refractivity contribution in [2.75, 3.05) is 44.3 Å². The van der Waals surface area contributed by atoms with Crippen LogP contribution in [0.4, 0.5) is 5.95 Å². The average molecular weight is 314 g/mol. The minimum atomic E-state index is 0.590. The Kier molecular flexibility index (Phi) is 4.26. The Hall–Kier alpha value is -1.92. The van der Waals surface area contributed by atoms with Crippen molar-refractivity contribution in [1.29, 1.82) is 0 Å². The zero-order chi connectivity index (χ0) is 15.5. The molecule has 2 aliphatic heterocycles. The van der Waals surface area contributed by atoms with Gasteiger partial charge in [0.2, 0.25) is 0 Å². The molecule has 6 heteroatoms. The number of benzene rings is 1. The molecule has 2 fully saturated rings. The van der Waals surface area contributed by atoms with Gasteiger partial charge in [0.05, 0.1) is 0 Å². The molecule has 0 saturated carbocycles. The van der Waals surface area contributed by atoms with E-state index < -0.39 is 0 Å². The fourth-order valence-corrected chi connectivity index (χ4v) is 3.38. The molecule has 1 aromatic carbocycles. The minimum Gasteiger partial charge on any atom is -0.381 e. The molecule has 2 aliphatic rings. The van der Waals surface area contributed by atoms with Gasteiger partial charge in [0.25, 0.3) is 11.8 Å². The molecule has 0 amide bonds. The summed E-state index contributed by atoms with van der Waals surface area (Å²) >= 11 is 0. The largest absolute Gasteiger partial charge is 0.381 e. The molecule has 1 aromatic heterocycles. The van der Waals surface area contributed by atoms with E-state index in [2.05, 4.69) is 19.9 Å². The van der Waals surface area contributed by atoms with Crippen LogP contribution in [-0.4, -0.2) is 60.5 Å². The molecule has 122 valence electrons. The third-order valence-electron chi connectivity index (χ3n) is 4.74. The van der Waals surface area contributed by atoms with Gasteiger partial charge in [0.15, 0.2) is 0 Å². The van der Waals surface area contributed by atoms with Gasteiger partial charge < -0.3 is 14.2 Å². The van der Waals surface area contributed by atoms with Gasteiger partial charge in [-0.3, -0.25) is 4.90 Å².